The number of hydrogen-bond acceptors (Lipinski definition) is 5. The van der Waals surface area contributed by atoms with E-state index in [-0.39, 0.29) is 17.3 Å². The van der Waals surface area contributed by atoms with Crippen molar-refractivity contribution in [2.24, 2.45) is 0 Å². The number of benzene rings is 1. The molecule has 0 N–H and O–H groups in total. The minimum absolute atomic E-state index is 0.0776. The molecule has 0 atom stereocenters. The topological polar surface area (TPSA) is 57.9 Å². The Morgan fingerprint density at radius 2 is 2.00 bits per heavy atom. The minimum Gasteiger partial charge on any atom is -0.336 e. The Hall–Kier alpha value is -2.10. The lowest BCUT2D eigenvalue weighted by Gasteiger charge is -2.34. The fourth-order valence-corrected chi connectivity index (χ4v) is 4.40. The van der Waals surface area contributed by atoms with Crippen LogP contribution in [0.25, 0.3) is 4.96 Å². The SMILES string of the molecule is O=C(c1ccc(F)cc1Br)N1CCN(Cc2cc(=O)n3ccsc3n2)CC1. The number of fused-ring (bicyclic) bond motifs is 1. The number of thiazole rings is 1. The largest absolute Gasteiger partial charge is 0.336 e. The Bertz CT molecular complexity index is 1060. The van der Waals surface area contributed by atoms with Crippen LogP contribution in [0, 0.1) is 5.82 Å². The Morgan fingerprint density at radius 1 is 1.22 bits per heavy atom. The van der Waals surface area contributed by atoms with Crippen molar-refractivity contribution in [1.29, 1.82) is 0 Å². The molecule has 0 saturated carbocycles. The van der Waals surface area contributed by atoms with Crippen LogP contribution in [0.3, 0.4) is 0 Å². The van der Waals surface area contributed by atoms with E-state index < -0.39 is 0 Å². The van der Waals surface area contributed by atoms with Crippen molar-refractivity contribution in [3.63, 3.8) is 0 Å². The first-order valence-electron chi connectivity index (χ1n) is 8.44. The zero-order chi connectivity index (χ0) is 19.0. The molecule has 1 aromatic carbocycles. The number of piperazine rings is 1. The van der Waals surface area contributed by atoms with Crippen LogP contribution < -0.4 is 5.56 Å². The average molecular weight is 451 g/mol. The smallest absolute Gasteiger partial charge is 0.258 e. The normalized spacial score (nSPS) is 15.4. The molecule has 0 bridgehead atoms. The standard InChI is InChI=1S/C18H16BrFN4O2S/c19-15-9-12(20)1-2-14(15)17(26)23-5-3-22(4-6-23)11-13-10-16(25)24-7-8-27-18(24)21-13/h1-2,7-10H,3-6,11H2. The number of aromatic nitrogens is 2. The van der Waals surface area contributed by atoms with Gasteiger partial charge in [0.05, 0.1) is 11.3 Å². The van der Waals surface area contributed by atoms with Crippen LogP contribution in [0.5, 0.6) is 0 Å². The molecule has 1 saturated heterocycles. The third-order valence-electron chi connectivity index (χ3n) is 4.56. The predicted octanol–water partition coefficient (Wildman–Crippen LogP) is 2.62. The van der Waals surface area contributed by atoms with Crippen LogP contribution in [0.15, 0.2) is 45.1 Å². The first kappa shape index (κ1) is 18.3. The highest BCUT2D eigenvalue weighted by Crippen LogP contribution is 2.21. The molecule has 0 spiro atoms. The molecule has 1 amide bonds. The first-order chi connectivity index (χ1) is 13.0. The van der Waals surface area contributed by atoms with Crippen molar-refractivity contribution in [3.8, 4) is 0 Å². The van der Waals surface area contributed by atoms with Crippen molar-refractivity contribution in [2.75, 3.05) is 26.2 Å². The molecule has 4 rings (SSSR count). The molecule has 1 aliphatic heterocycles. The Balaban J connectivity index is 1.41. The number of hydrogen-bond donors (Lipinski definition) is 0. The number of carbonyl (C=O) groups excluding carboxylic acids is 1. The van der Waals surface area contributed by atoms with Gasteiger partial charge in [-0.2, -0.15) is 0 Å². The first-order valence-corrected chi connectivity index (χ1v) is 10.1. The van der Waals surface area contributed by atoms with Gasteiger partial charge < -0.3 is 4.90 Å². The van der Waals surface area contributed by atoms with Gasteiger partial charge in [0.1, 0.15) is 5.82 Å². The highest BCUT2D eigenvalue weighted by atomic mass is 79.9. The van der Waals surface area contributed by atoms with Crippen molar-refractivity contribution in [3.05, 3.63) is 67.7 Å². The summed E-state index contributed by atoms with van der Waals surface area (Å²) in [5.74, 6) is -0.493. The Labute approximate surface area is 167 Å². The molecule has 1 aliphatic rings. The monoisotopic (exact) mass is 450 g/mol. The van der Waals surface area contributed by atoms with Gasteiger partial charge in [0.25, 0.3) is 11.5 Å². The summed E-state index contributed by atoms with van der Waals surface area (Å²) in [7, 11) is 0. The van der Waals surface area contributed by atoms with Crippen LogP contribution in [-0.2, 0) is 6.54 Å². The van der Waals surface area contributed by atoms with Gasteiger partial charge >= 0.3 is 0 Å². The summed E-state index contributed by atoms with van der Waals surface area (Å²) in [6.07, 6.45) is 1.72. The summed E-state index contributed by atoms with van der Waals surface area (Å²) in [5, 5.41) is 1.84. The Morgan fingerprint density at radius 3 is 2.74 bits per heavy atom. The third-order valence-corrected chi connectivity index (χ3v) is 5.98. The van der Waals surface area contributed by atoms with Crippen molar-refractivity contribution in [1.82, 2.24) is 19.2 Å². The van der Waals surface area contributed by atoms with Gasteiger partial charge in [-0.1, -0.05) is 0 Å². The number of carbonyl (C=O) groups is 1. The van der Waals surface area contributed by atoms with Crippen LogP contribution in [-0.4, -0.2) is 51.3 Å². The molecule has 27 heavy (non-hydrogen) atoms. The lowest BCUT2D eigenvalue weighted by atomic mass is 10.1. The molecular weight excluding hydrogens is 435 g/mol. The molecule has 9 heteroatoms. The summed E-state index contributed by atoms with van der Waals surface area (Å²) in [6, 6.07) is 5.65. The lowest BCUT2D eigenvalue weighted by Crippen LogP contribution is -2.48. The van der Waals surface area contributed by atoms with Gasteiger partial charge in [0, 0.05) is 54.8 Å². The van der Waals surface area contributed by atoms with E-state index in [2.05, 4.69) is 25.8 Å². The van der Waals surface area contributed by atoms with E-state index in [1.165, 1.54) is 33.9 Å². The fourth-order valence-electron chi connectivity index (χ4n) is 3.14. The molecule has 0 radical (unpaired) electrons. The Kier molecular flexibility index (Phi) is 5.07. The molecule has 1 fully saturated rings. The molecule has 6 nitrogen and oxygen atoms in total. The van der Waals surface area contributed by atoms with Crippen LogP contribution in [0.4, 0.5) is 4.39 Å². The van der Waals surface area contributed by atoms with Gasteiger partial charge in [-0.25, -0.2) is 9.37 Å². The second-order valence-corrected chi connectivity index (χ2v) is 8.06. The van der Waals surface area contributed by atoms with E-state index in [0.29, 0.717) is 47.7 Å². The average Bonchev–Trinajstić information content (AvgIpc) is 3.11. The fraction of sp³-hybridized carbons (Fsp3) is 0.278. The lowest BCUT2D eigenvalue weighted by molar-refractivity contribution is 0.0626. The molecule has 0 unspecified atom stereocenters. The molecular formula is C18H16BrFN4O2S. The van der Waals surface area contributed by atoms with Crippen molar-refractivity contribution < 1.29 is 9.18 Å². The van der Waals surface area contributed by atoms with E-state index in [4.69, 9.17) is 0 Å². The summed E-state index contributed by atoms with van der Waals surface area (Å²) < 4.78 is 15.2. The van der Waals surface area contributed by atoms with Crippen molar-refractivity contribution >= 4 is 38.1 Å². The maximum Gasteiger partial charge on any atom is 0.258 e. The third kappa shape index (κ3) is 3.80. The van der Waals surface area contributed by atoms with E-state index in [9.17, 15) is 14.0 Å². The van der Waals surface area contributed by atoms with Gasteiger partial charge in [-0.15, -0.1) is 11.3 Å². The summed E-state index contributed by atoms with van der Waals surface area (Å²) in [5.41, 5.74) is 1.12. The maximum atomic E-state index is 13.2. The summed E-state index contributed by atoms with van der Waals surface area (Å²) in [4.78, 5) is 33.9. The predicted molar refractivity (Wildman–Crippen MR) is 105 cm³/mol. The number of rotatable bonds is 3. The number of halogens is 2. The summed E-state index contributed by atoms with van der Waals surface area (Å²) in [6.45, 7) is 3.10. The molecule has 140 valence electrons. The second-order valence-electron chi connectivity index (χ2n) is 6.33. The molecule has 3 heterocycles. The van der Waals surface area contributed by atoms with E-state index in [0.717, 1.165) is 5.69 Å². The van der Waals surface area contributed by atoms with Gasteiger partial charge in [-0.3, -0.25) is 18.9 Å². The summed E-state index contributed by atoms with van der Waals surface area (Å²) >= 11 is 4.69. The molecule has 3 aromatic rings. The van der Waals surface area contributed by atoms with Gasteiger partial charge in [0.15, 0.2) is 4.96 Å². The van der Waals surface area contributed by atoms with E-state index in [1.54, 1.807) is 17.2 Å². The zero-order valence-corrected chi connectivity index (χ0v) is 16.7. The van der Waals surface area contributed by atoms with Gasteiger partial charge in [0.2, 0.25) is 0 Å². The second kappa shape index (κ2) is 7.49. The number of nitrogens with zero attached hydrogens (tertiary/aromatic N) is 4. The van der Waals surface area contributed by atoms with Crippen molar-refractivity contribution in [2.45, 2.75) is 6.54 Å². The maximum absolute atomic E-state index is 13.2. The van der Waals surface area contributed by atoms with E-state index in [1.807, 2.05) is 5.38 Å². The van der Waals surface area contributed by atoms with E-state index >= 15 is 0 Å². The van der Waals surface area contributed by atoms with Crippen LogP contribution in [0.2, 0.25) is 0 Å². The molecule has 0 aliphatic carbocycles. The zero-order valence-electron chi connectivity index (χ0n) is 14.3. The number of amides is 1. The van der Waals surface area contributed by atoms with Crippen LogP contribution in [0.1, 0.15) is 16.1 Å². The quantitative estimate of drug-likeness (QED) is 0.615. The highest BCUT2D eigenvalue weighted by molar-refractivity contribution is 9.10. The minimum atomic E-state index is -0.380. The van der Waals surface area contributed by atoms with Gasteiger partial charge in [-0.05, 0) is 34.1 Å². The molecule has 2 aromatic heterocycles. The highest BCUT2D eigenvalue weighted by Gasteiger charge is 2.24. The van der Waals surface area contributed by atoms with Crippen LogP contribution >= 0.6 is 27.3 Å².